The number of halogens is 1. The van der Waals surface area contributed by atoms with Crippen molar-refractivity contribution in [1.82, 2.24) is 9.97 Å². The number of nitrogens with zero attached hydrogens (tertiary/aromatic N) is 2. The Balaban J connectivity index is 2.25. The van der Waals surface area contributed by atoms with Gasteiger partial charge in [0, 0.05) is 11.3 Å². The minimum absolute atomic E-state index is 0.300. The standard InChI is InChI=1S/C12H11ClN2OS/c13-11-10-9-7(4-5-16)2-1-3-8(9)17-12(10)15-6-14-11/h5-7H,1-4H2/t7-/m1/s1. The van der Waals surface area contributed by atoms with Gasteiger partial charge in [-0.25, -0.2) is 9.97 Å². The fourth-order valence-corrected chi connectivity index (χ4v) is 4.14. The second kappa shape index (κ2) is 4.35. The molecule has 0 amide bonds. The van der Waals surface area contributed by atoms with Crippen molar-refractivity contribution >= 4 is 39.4 Å². The zero-order valence-electron chi connectivity index (χ0n) is 9.15. The number of aromatic nitrogens is 2. The number of aryl methyl sites for hydroxylation is 1. The van der Waals surface area contributed by atoms with Crippen LogP contribution in [0.25, 0.3) is 10.2 Å². The van der Waals surface area contributed by atoms with Crippen LogP contribution in [0.4, 0.5) is 0 Å². The molecule has 2 aromatic rings. The zero-order chi connectivity index (χ0) is 11.8. The van der Waals surface area contributed by atoms with Gasteiger partial charge in [0.1, 0.15) is 22.6 Å². The van der Waals surface area contributed by atoms with E-state index in [2.05, 4.69) is 9.97 Å². The van der Waals surface area contributed by atoms with Crippen LogP contribution in [0, 0.1) is 0 Å². The fourth-order valence-electron chi connectivity index (χ4n) is 2.59. The lowest BCUT2D eigenvalue weighted by atomic mass is 9.84. The smallest absolute Gasteiger partial charge is 0.141 e. The second-order valence-electron chi connectivity index (χ2n) is 4.28. The highest BCUT2D eigenvalue weighted by molar-refractivity contribution is 7.19. The lowest BCUT2D eigenvalue weighted by Crippen LogP contribution is -2.08. The summed E-state index contributed by atoms with van der Waals surface area (Å²) in [4.78, 5) is 21.4. The summed E-state index contributed by atoms with van der Waals surface area (Å²) in [5.74, 6) is 0.300. The minimum atomic E-state index is 0.300. The quantitative estimate of drug-likeness (QED) is 0.618. The molecule has 0 aliphatic heterocycles. The summed E-state index contributed by atoms with van der Waals surface area (Å²) in [5.41, 5.74) is 1.23. The maximum Gasteiger partial charge on any atom is 0.141 e. The highest BCUT2D eigenvalue weighted by atomic mass is 35.5. The molecule has 88 valence electrons. The molecule has 0 bridgehead atoms. The van der Waals surface area contributed by atoms with Gasteiger partial charge in [-0.3, -0.25) is 0 Å². The van der Waals surface area contributed by atoms with Crippen LogP contribution >= 0.6 is 22.9 Å². The molecule has 5 heteroatoms. The molecule has 0 saturated heterocycles. The third-order valence-corrected chi connectivity index (χ3v) is 4.76. The Morgan fingerprint density at radius 1 is 1.53 bits per heavy atom. The number of carbonyl (C=O) groups excluding carboxylic acids is 1. The van der Waals surface area contributed by atoms with Crippen LogP contribution < -0.4 is 0 Å². The Kier molecular flexibility index (Phi) is 2.84. The van der Waals surface area contributed by atoms with Crippen molar-refractivity contribution in [2.75, 3.05) is 0 Å². The second-order valence-corrected chi connectivity index (χ2v) is 5.72. The zero-order valence-corrected chi connectivity index (χ0v) is 10.7. The molecule has 1 atom stereocenters. The predicted molar refractivity (Wildman–Crippen MR) is 68.8 cm³/mol. The van der Waals surface area contributed by atoms with Crippen LogP contribution in [0.15, 0.2) is 6.33 Å². The molecular weight excluding hydrogens is 256 g/mol. The Labute approximate surface area is 108 Å². The lowest BCUT2D eigenvalue weighted by Gasteiger charge is -2.20. The molecule has 0 N–H and O–H groups in total. The molecule has 0 aromatic carbocycles. The molecule has 1 aliphatic carbocycles. The number of fused-ring (bicyclic) bond motifs is 3. The van der Waals surface area contributed by atoms with Crippen molar-refractivity contribution in [2.45, 2.75) is 31.6 Å². The van der Waals surface area contributed by atoms with Crippen molar-refractivity contribution < 1.29 is 4.79 Å². The van der Waals surface area contributed by atoms with Crippen molar-refractivity contribution in [2.24, 2.45) is 0 Å². The van der Waals surface area contributed by atoms with Crippen molar-refractivity contribution in [3.05, 3.63) is 21.9 Å². The van der Waals surface area contributed by atoms with Crippen LogP contribution in [0.5, 0.6) is 0 Å². The first kappa shape index (κ1) is 11.1. The van der Waals surface area contributed by atoms with E-state index in [1.807, 2.05) is 0 Å². The minimum Gasteiger partial charge on any atom is -0.303 e. The van der Waals surface area contributed by atoms with Crippen LogP contribution in [-0.4, -0.2) is 16.3 Å². The topological polar surface area (TPSA) is 42.9 Å². The molecule has 3 rings (SSSR count). The average molecular weight is 267 g/mol. The van der Waals surface area contributed by atoms with Crippen LogP contribution in [0.1, 0.15) is 35.6 Å². The molecule has 1 aliphatic rings. The summed E-state index contributed by atoms with van der Waals surface area (Å²) in [6, 6.07) is 0. The van der Waals surface area contributed by atoms with E-state index >= 15 is 0 Å². The first-order valence-corrected chi connectivity index (χ1v) is 6.86. The van der Waals surface area contributed by atoms with Gasteiger partial charge in [-0.05, 0) is 30.7 Å². The first-order chi connectivity index (χ1) is 8.31. The maximum atomic E-state index is 10.8. The number of carbonyl (C=O) groups is 1. The first-order valence-electron chi connectivity index (χ1n) is 5.66. The molecule has 0 unspecified atom stereocenters. The van der Waals surface area contributed by atoms with Crippen LogP contribution in [0.2, 0.25) is 5.15 Å². The number of thiophene rings is 1. The Bertz CT molecular complexity index is 581. The molecule has 0 fully saturated rings. The van der Waals surface area contributed by atoms with E-state index in [4.69, 9.17) is 11.6 Å². The molecule has 0 spiro atoms. The van der Waals surface area contributed by atoms with Crippen molar-refractivity contribution in [1.29, 1.82) is 0 Å². The van der Waals surface area contributed by atoms with Crippen molar-refractivity contribution in [3.8, 4) is 0 Å². The summed E-state index contributed by atoms with van der Waals surface area (Å²) in [7, 11) is 0. The lowest BCUT2D eigenvalue weighted by molar-refractivity contribution is -0.108. The van der Waals surface area contributed by atoms with E-state index in [-0.39, 0.29) is 0 Å². The van der Waals surface area contributed by atoms with Gasteiger partial charge in [0.15, 0.2) is 0 Å². The number of rotatable bonds is 2. The summed E-state index contributed by atoms with van der Waals surface area (Å²) >= 11 is 7.86. The number of hydrogen-bond acceptors (Lipinski definition) is 4. The van der Waals surface area contributed by atoms with Gasteiger partial charge in [0.2, 0.25) is 0 Å². The fraction of sp³-hybridized carbons (Fsp3) is 0.417. The molecule has 0 radical (unpaired) electrons. The van der Waals surface area contributed by atoms with Crippen LogP contribution in [0.3, 0.4) is 0 Å². The van der Waals surface area contributed by atoms with E-state index in [0.29, 0.717) is 17.5 Å². The van der Waals surface area contributed by atoms with Gasteiger partial charge in [-0.2, -0.15) is 0 Å². The van der Waals surface area contributed by atoms with Crippen molar-refractivity contribution in [3.63, 3.8) is 0 Å². The molecule has 17 heavy (non-hydrogen) atoms. The van der Waals surface area contributed by atoms with Crippen LogP contribution in [-0.2, 0) is 11.2 Å². The van der Waals surface area contributed by atoms with E-state index in [0.717, 1.165) is 35.8 Å². The predicted octanol–water partition coefficient (Wildman–Crippen LogP) is 3.35. The van der Waals surface area contributed by atoms with Gasteiger partial charge < -0.3 is 4.79 Å². The Morgan fingerprint density at radius 3 is 3.24 bits per heavy atom. The van der Waals surface area contributed by atoms with E-state index in [9.17, 15) is 4.79 Å². The number of aldehydes is 1. The Hall–Kier alpha value is -1.00. The monoisotopic (exact) mass is 266 g/mol. The molecule has 0 saturated carbocycles. The van der Waals surface area contributed by atoms with Gasteiger partial charge in [-0.15, -0.1) is 11.3 Å². The van der Waals surface area contributed by atoms with Gasteiger partial charge in [-0.1, -0.05) is 11.6 Å². The largest absolute Gasteiger partial charge is 0.303 e. The van der Waals surface area contributed by atoms with E-state index in [1.54, 1.807) is 11.3 Å². The maximum absolute atomic E-state index is 10.8. The molecule has 3 nitrogen and oxygen atoms in total. The SMILES string of the molecule is O=CC[C@H]1CCCc2sc3ncnc(Cl)c3c21. The molecular formula is C12H11ClN2OS. The average Bonchev–Trinajstić information content (AvgIpc) is 2.70. The third-order valence-electron chi connectivity index (χ3n) is 3.30. The molecule has 2 aromatic heterocycles. The highest BCUT2D eigenvalue weighted by Gasteiger charge is 2.26. The summed E-state index contributed by atoms with van der Waals surface area (Å²) in [5, 5.41) is 1.49. The highest BCUT2D eigenvalue weighted by Crippen LogP contribution is 2.44. The number of hydrogen-bond donors (Lipinski definition) is 0. The van der Waals surface area contributed by atoms with Gasteiger partial charge in [0.25, 0.3) is 0 Å². The molecule has 2 heterocycles. The summed E-state index contributed by atoms with van der Waals surface area (Å²) in [6.45, 7) is 0. The third kappa shape index (κ3) is 1.76. The normalized spacial score (nSPS) is 19.2. The van der Waals surface area contributed by atoms with Gasteiger partial charge in [0.05, 0.1) is 5.39 Å². The van der Waals surface area contributed by atoms with E-state index < -0.39 is 0 Å². The van der Waals surface area contributed by atoms with Gasteiger partial charge >= 0.3 is 0 Å². The Morgan fingerprint density at radius 2 is 2.41 bits per heavy atom. The summed E-state index contributed by atoms with van der Waals surface area (Å²) < 4.78 is 0. The summed E-state index contributed by atoms with van der Waals surface area (Å²) in [6.07, 6.45) is 6.35. The van der Waals surface area contributed by atoms with E-state index in [1.165, 1.54) is 16.8 Å².